The molecule has 0 spiro atoms. The summed E-state index contributed by atoms with van der Waals surface area (Å²) < 4.78 is 32.8. The number of carbonyl (C=O) groups is 1. The lowest BCUT2D eigenvalue weighted by molar-refractivity contribution is 0.0661. The molecule has 0 amide bonds. The van der Waals surface area contributed by atoms with Crippen LogP contribution < -0.4 is 4.72 Å². The molecule has 1 aromatic heterocycles. The molecule has 0 radical (unpaired) electrons. The van der Waals surface area contributed by atoms with Crippen LogP contribution in [0.3, 0.4) is 0 Å². The third-order valence-corrected chi connectivity index (χ3v) is 4.77. The van der Waals surface area contributed by atoms with Crippen molar-refractivity contribution in [3.63, 3.8) is 0 Å². The van der Waals surface area contributed by atoms with Crippen molar-refractivity contribution in [1.82, 2.24) is 0 Å². The van der Waals surface area contributed by atoms with Crippen LogP contribution >= 0.6 is 15.9 Å². The fourth-order valence-electron chi connectivity index (χ4n) is 1.78. The van der Waals surface area contributed by atoms with Crippen molar-refractivity contribution in [3.05, 3.63) is 45.8 Å². The molecule has 0 aliphatic rings. The third kappa shape index (κ3) is 3.27. The van der Waals surface area contributed by atoms with Gasteiger partial charge in [-0.05, 0) is 37.6 Å². The molecule has 8 heteroatoms. The van der Waals surface area contributed by atoms with Gasteiger partial charge in [-0.3, -0.25) is 4.72 Å². The van der Waals surface area contributed by atoms with E-state index in [-0.39, 0.29) is 10.7 Å². The summed E-state index contributed by atoms with van der Waals surface area (Å²) in [5, 5.41) is 8.84. The number of sulfonamides is 1. The minimum atomic E-state index is -3.91. The second-order valence-corrected chi connectivity index (χ2v) is 6.97. The number of rotatable bonds is 4. The molecule has 6 nitrogen and oxygen atoms in total. The first-order valence-corrected chi connectivity index (χ1v) is 8.11. The maximum absolute atomic E-state index is 12.3. The topological polar surface area (TPSA) is 96.6 Å². The number of furan rings is 1. The Kier molecular flexibility index (Phi) is 4.11. The van der Waals surface area contributed by atoms with Gasteiger partial charge in [0.15, 0.2) is 0 Å². The van der Waals surface area contributed by atoms with Gasteiger partial charge in [0.2, 0.25) is 5.76 Å². The van der Waals surface area contributed by atoms with Crippen molar-refractivity contribution in [2.45, 2.75) is 18.7 Å². The summed E-state index contributed by atoms with van der Waals surface area (Å²) >= 11 is 3.29. The van der Waals surface area contributed by atoms with Gasteiger partial charge in [-0.1, -0.05) is 15.9 Å². The summed E-state index contributed by atoms with van der Waals surface area (Å²) in [7, 11) is -3.91. The number of halogens is 1. The zero-order chi connectivity index (χ0) is 15.8. The highest BCUT2D eigenvalue weighted by Gasteiger charge is 2.24. The van der Waals surface area contributed by atoms with Gasteiger partial charge in [0.05, 0.1) is 5.69 Å². The summed E-state index contributed by atoms with van der Waals surface area (Å²) in [6, 6.07) is 6.08. The van der Waals surface area contributed by atoms with Crippen molar-refractivity contribution in [1.29, 1.82) is 0 Å². The van der Waals surface area contributed by atoms with Gasteiger partial charge in [-0.25, -0.2) is 13.2 Å². The van der Waals surface area contributed by atoms with Crippen LogP contribution in [-0.4, -0.2) is 19.5 Å². The van der Waals surface area contributed by atoms with E-state index in [2.05, 4.69) is 20.7 Å². The molecular weight excluding hydrogens is 362 g/mol. The molecule has 0 atom stereocenters. The molecule has 0 saturated heterocycles. The van der Waals surface area contributed by atoms with Crippen molar-refractivity contribution in [2.24, 2.45) is 0 Å². The number of benzene rings is 1. The number of nitrogens with one attached hydrogen (secondary N) is 1. The highest BCUT2D eigenvalue weighted by Crippen LogP contribution is 2.26. The van der Waals surface area contributed by atoms with Crippen LogP contribution in [0.4, 0.5) is 5.69 Å². The van der Waals surface area contributed by atoms with Gasteiger partial charge in [0.1, 0.15) is 10.7 Å². The summed E-state index contributed by atoms with van der Waals surface area (Å²) in [6.07, 6.45) is 0. The quantitative estimate of drug-likeness (QED) is 0.857. The predicted octanol–water partition coefficient (Wildman–Crippen LogP) is 3.16. The molecule has 21 heavy (non-hydrogen) atoms. The van der Waals surface area contributed by atoms with Gasteiger partial charge < -0.3 is 9.52 Å². The standard InChI is InChI=1S/C13H12BrNO5S/c1-7-5-9(14)3-4-10(7)15-21(18,19)12-6-11(13(16)17)20-8(12)2/h3-6,15H,1-2H3,(H,16,17). The van der Waals surface area contributed by atoms with Crippen LogP contribution in [0.5, 0.6) is 0 Å². The minimum absolute atomic E-state index is 0.0228. The van der Waals surface area contributed by atoms with E-state index in [0.717, 1.165) is 16.1 Å². The first-order valence-electron chi connectivity index (χ1n) is 5.83. The molecule has 1 heterocycles. The first kappa shape index (κ1) is 15.6. The zero-order valence-electron chi connectivity index (χ0n) is 11.2. The van der Waals surface area contributed by atoms with E-state index in [1.165, 1.54) is 6.92 Å². The van der Waals surface area contributed by atoms with E-state index in [1.54, 1.807) is 25.1 Å². The fraction of sp³-hybridized carbons (Fsp3) is 0.154. The van der Waals surface area contributed by atoms with E-state index in [0.29, 0.717) is 5.69 Å². The Hall–Kier alpha value is -1.80. The van der Waals surface area contributed by atoms with Crippen LogP contribution in [0.1, 0.15) is 21.9 Å². The summed E-state index contributed by atoms with van der Waals surface area (Å²) in [4.78, 5) is 10.6. The highest BCUT2D eigenvalue weighted by molar-refractivity contribution is 9.10. The molecule has 0 fully saturated rings. The van der Waals surface area contributed by atoms with E-state index >= 15 is 0 Å². The van der Waals surface area contributed by atoms with E-state index in [9.17, 15) is 13.2 Å². The zero-order valence-corrected chi connectivity index (χ0v) is 13.6. The Morgan fingerprint density at radius 3 is 2.48 bits per heavy atom. The molecule has 1 aromatic carbocycles. The van der Waals surface area contributed by atoms with Crippen molar-refractivity contribution < 1.29 is 22.7 Å². The molecule has 0 unspecified atom stereocenters. The van der Waals surface area contributed by atoms with Crippen LogP contribution in [0.15, 0.2) is 38.1 Å². The number of anilines is 1. The number of aromatic carboxylic acids is 1. The van der Waals surface area contributed by atoms with Crippen LogP contribution in [0.2, 0.25) is 0 Å². The lowest BCUT2D eigenvalue weighted by Crippen LogP contribution is -2.14. The largest absolute Gasteiger partial charge is 0.475 e. The molecule has 2 rings (SSSR count). The monoisotopic (exact) mass is 373 g/mol. The van der Waals surface area contributed by atoms with Gasteiger partial charge in [-0.2, -0.15) is 0 Å². The number of hydrogen-bond donors (Lipinski definition) is 2. The first-order chi connectivity index (χ1) is 9.70. The SMILES string of the molecule is Cc1cc(Br)ccc1NS(=O)(=O)c1cc(C(=O)O)oc1C. The Morgan fingerprint density at radius 1 is 1.29 bits per heavy atom. The van der Waals surface area contributed by atoms with Crippen LogP contribution in [0, 0.1) is 13.8 Å². The van der Waals surface area contributed by atoms with E-state index in [4.69, 9.17) is 9.52 Å². The molecule has 0 aliphatic heterocycles. The second kappa shape index (κ2) is 5.53. The Balaban J connectivity index is 2.41. The lowest BCUT2D eigenvalue weighted by atomic mass is 10.2. The average Bonchev–Trinajstić information content (AvgIpc) is 2.76. The number of aryl methyl sites for hydroxylation is 2. The minimum Gasteiger partial charge on any atom is -0.475 e. The molecule has 112 valence electrons. The average molecular weight is 374 g/mol. The lowest BCUT2D eigenvalue weighted by Gasteiger charge is -2.10. The molecule has 0 saturated carbocycles. The number of carboxylic acids is 1. The van der Waals surface area contributed by atoms with Crippen molar-refractivity contribution >= 4 is 37.6 Å². The molecule has 2 N–H and O–H groups in total. The summed E-state index contributed by atoms with van der Waals surface area (Å²) in [5.41, 5.74) is 1.14. The number of carboxylic acid groups (broad SMARTS) is 1. The smallest absolute Gasteiger partial charge is 0.371 e. The van der Waals surface area contributed by atoms with Gasteiger partial charge in [-0.15, -0.1) is 0 Å². The van der Waals surface area contributed by atoms with Crippen molar-refractivity contribution in [2.75, 3.05) is 4.72 Å². The fourth-order valence-corrected chi connectivity index (χ4v) is 3.57. The summed E-state index contributed by atoms with van der Waals surface area (Å²) in [6.45, 7) is 3.16. The molecule has 2 aromatic rings. The van der Waals surface area contributed by atoms with Crippen LogP contribution in [0.25, 0.3) is 0 Å². The maximum atomic E-state index is 12.3. The molecular formula is C13H12BrNO5S. The van der Waals surface area contributed by atoms with Crippen LogP contribution in [-0.2, 0) is 10.0 Å². The Morgan fingerprint density at radius 2 is 1.95 bits per heavy atom. The molecule has 0 aliphatic carbocycles. The normalized spacial score (nSPS) is 11.4. The third-order valence-electron chi connectivity index (χ3n) is 2.81. The van der Waals surface area contributed by atoms with Gasteiger partial charge in [0.25, 0.3) is 10.0 Å². The van der Waals surface area contributed by atoms with Crippen molar-refractivity contribution in [3.8, 4) is 0 Å². The summed E-state index contributed by atoms with van der Waals surface area (Å²) in [5.74, 6) is -1.71. The Bertz CT molecular complexity index is 810. The Labute approximate surface area is 130 Å². The predicted molar refractivity (Wildman–Crippen MR) is 80.1 cm³/mol. The van der Waals surface area contributed by atoms with E-state index < -0.39 is 21.8 Å². The van der Waals surface area contributed by atoms with Gasteiger partial charge in [0, 0.05) is 10.5 Å². The number of hydrogen-bond acceptors (Lipinski definition) is 4. The maximum Gasteiger partial charge on any atom is 0.371 e. The highest BCUT2D eigenvalue weighted by atomic mass is 79.9. The second-order valence-electron chi connectivity index (χ2n) is 4.40. The van der Waals surface area contributed by atoms with Gasteiger partial charge >= 0.3 is 5.97 Å². The van der Waals surface area contributed by atoms with E-state index in [1.807, 2.05) is 0 Å². The molecule has 0 bridgehead atoms.